The molecule has 1 saturated carbocycles. The predicted octanol–water partition coefficient (Wildman–Crippen LogP) is 5.26. The maximum atomic E-state index is 13.9. The van der Waals surface area contributed by atoms with Crippen LogP contribution in [0.4, 0.5) is 4.39 Å². The summed E-state index contributed by atoms with van der Waals surface area (Å²) < 4.78 is 47.5. The zero-order valence-corrected chi connectivity index (χ0v) is 25.3. The molecular formula is C33H42FN3O4S. The van der Waals surface area contributed by atoms with Crippen LogP contribution in [0.15, 0.2) is 89.8 Å². The smallest absolute Gasteiger partial charge is 0.246 e. The Bertz CT molecular complexity index is 1360. The van der Waals surface area contributed by atoms with Crippen molar-refractivity contribution in [1.29, 1.82) is 0 Å². The van der Waals surface area contributed by atoms with E-state index in [0.717, 1.165) is 36.8 Å². The van der Waals surface area contributed by atoms with Crippen LogP contribution in [0.2, 0.25) is 0 Å². The van der Waals surface area contributed by atoms with Crippen molar-refractivity contribution in [3.05, 3.63) is 102 Å². The first-order chi connectivity index (χ1) is 20.2. The molecule has 0 aliphatic heterocycles. The van der Waals surface area contributed by atoms with Gasteiger partial charge in [-0.05, 0) is 87.0 Å². The van der Waals surface area contributed by atoms with Crippen molar-refractivity contribution in [3.8, 4) is 0 Å². The molecule has 7 nitrogen and oxygen atoms in total. The lowest BCUT2D eigenvalue weighted by Gasteiger charge is -2.37. The first kappa shape index (κ1) is 31.8. The van der Waals surface area contributed by atoms with Gasteiger partial charge >= 0.3 is 0 Å². The SMILES string of the molecule is CN(C)C(c1cccc(F)c1)C1CCC(CNC(=O)COCCN(Cc2ccccc2)S(=O)(=O)c2ccccc2)CC1. The van der Waals surface area contributed by atoms with Crippen molar-refractivity contribution < 1.29 is 22.3 Å². The van der Waals surface area contributed by atoms with Gasteiger partial charge in [-0.1, -0.05) is 60.7 Å². The average molecular weight is 596 g/mol. The fraction of sp³-hybridized carbons (Fsp3) is 0.424. The van der Waals surface area contributed by atoms with Gasteiger partial charge in [-0.25, -0.2) is 12.8 Å². The van der Waals surface area contributed by atoms with E-state index in [9.17, 15) is 17.6 Å². The fourth-order valence-electron chi connectivity index (χ4n) is 5.84. The molecule has 4 rings (SSSR count). The van der Waals surface area contributed by atoms with E-state index >= 15 is 0 Å². The van der Waals surface area contributed by atoms with Crippen LogP contribution in [-0.2, 0) is 26.1 Å². The minimum absolute atomic E-state index is 0.101. The number of hydrogen-bond donors (Lipinski definition) is 1. The van der Waals surface area contributed by atoms with Gasteiger partial charge < -0.3 is 15.0 Å². The minimum atomic E-state index is -3.73. The highest BCUT2D eigenvalue weighted by Crippen LogP contribution is 2.39. The maximum Gasteiger partial charge on any atom is 0.246 e. The number of benzene rings is 3. The molecule has 3 aromatic carbocycles. The molecule has 0 spiro atoms. The van der Waals surface area contributed by atoms with E-state index in [2.05, 4.69) is 10.2 Å². The normalized spacial score (nSPS) is 18.2. The molecule has 1 fully saturated rings. The lowest BCUT2D eigenvalue weighted by atomic mass is 9.76. The third-order valence-corrected chi connectivity index (χ3v) is 9.83. The zero-order valence-electron chi connectivity index (χ0n) is 24.5. The minimum Gasteiger partial charge on any atom is -0.370 e. The van der Waals surface area contributed by atoms with Crippen LogP contribution in [0.3, 0.4) is 0 Å². The topological polar surface area (TPSA) is 79.0 Å². The molecule has 0 radical (unpaired) electrons. The maximum absolute atomic E-state index is 13.9. The molecule has 1 aliphatic carbocycles. The van der Waals surface area contributed by atoms with E-state index in [0.29, 0.717) is 18.4 Å². The van der Waals surface area contributed by atoms with E-state index in [1.54, 1.807) is 42.5 Å². The number of carbonyl (C=O) groups is 1. The Morgan fingerprint density at radius 2 is 1.62 bits per heavy atom. The summed E-state index contributed by atoms with van der Waals surface area (Å²) in [5.74, 6) is 0.407. The number of rotatable bonds is 14. The van der Waals surface area contributed by atoms with Gasteiger partial charge in [0.25, 0.3) is 0 Å². The number of carbonyl (C=O) groups excluding carboxylic acids is 1. The molecule has 0 heterocycles. The van der Waals surface area contributed by atoms with Gasteiger partial charge in [-0.15, -0.1) is 0 Å². The van der Waals surface area contributed by atoms with Crippen LogP contribution in [0.1, 0.15) is 42.9 Å². The van der Waals surface area contributed by atoms with Crippen molar-refractivity contribution >= 4 is 15.9 Å². The Labute approximate surface area is 249 Å². The summed E-state index contributed by atoms with van der Waals surface area (Å²) in [6, 6.07) is 24.8. The van der Waals surface area contributed by atoms with Crippen LogP contribution in [0, 0.1) is 17.7 Å². The number of halogens is 1. The van der Waals surface area contributed by atoms with Gasteiger partial charge in [-0.2, -0.15) is 4.31 Å². The number of ether oxygens (including phenoxy) is 1. The van der Waals surface area contributed by atoms with Gasteiger partial charge in [0.05, 0.1) is 11.5 Å². The molecule has 1 unspecified atom stereocenters. The summed E-state index contributed by atoms with van der Waals surface area (Å²) in [6.07, 6.45) is 4.03. The van der Waals surface area contributed by atoms with Gasteiger partial charge in [0.2, 0.25) is 15.9 Å². The average Bonchev–Trinajstić information content (AvgIpc) is 2.99. The van der Waals surface area contributed by atoms with Crippen molar-refractivity contribution in [2.24, 2.45) is 11.8 Å². The summed E-state index contributed by atoms with van der Waals surface area (Å²) in [5.41, 5.74) is 1.88. The number of amides is 1. The van der Waals surface area contributed by atoms with Gasteiger partial charge in [-0.3, -0.25) is 4.79 Å². The summed E-state index contributed by atoms with van der Waals surface area (Å²) in [7, 11) is 0.353. The highest BCUT2D eigenvalue weighted by molar-refractivity contribution is 7.89. The summed E-state index contributed by atoms with van der Waals surface area (Å²) in [6.45, 7) is 0.904. The third-order valence-electron chi connectivity index (χ3n) is 7.97. The Balaban J connectivity index is 1.21. The molecule has 0 aromatic heterocycles. The predicted molar refractivity (Wildman–Crippen MR) is 163 cm³/mol. The van der Waals surface area contributed by atoms with Crippen LogP contribution in [0.25, 0.3) is 0 Å². The highest BCUT2D eigenvalue weighted by Gasteiger charge is 2.30. The fourth-order valence-corrected chi connectivity index (χ4v) is 7.28. The van der Waals surface area contributed by atoms with E-state index in [1.165, 1.54) is 10.4 Å². The highest BCUT2D eigenvalue weighted by atomic mass is 32.2. The van der Waals surface area contributed by atoms with Crippen LogP contribution >= 0.6 is 0 Å². The number of nitrogens with one attached hydrogen (secondary N) is 1. The molecule has 42 heavy (non-hydrogen) atoms. The van der Waals surface area contributed by atoms with E-state index < -0.39 is 10.0 Å². The molecule has 1 atom stereocenters. The van der Waals surface area contributed by atoms with Crippen molar-refractivity contribution in [1.82, 2.24) is 14.5 Å². The molecule has 0 bridgehead atoms. The van der Waals surface area contributed by atoms with Crippen LogP contribution in [0.5, 0.6) is 0 Å². The standard InChI is InChI=1S/C33H42FN3O4S/c1-36(2)33(29-12-9-13-30(34)22-29)28-18-16-26(17-19-28)23-35-32(38)25-41-21-20-37(24-27-10-5-3-6-11-27)42(39,40)31-14-7-4-8-15-31/h3-15,22,26,28,33H,16-21,23-25H2,1-2H3,(H,35,38). The van der Waals surface area contributed by atoms with Crippen LogP contribution in [-0.4, -0.2) is 63.9 Å². The molecule has 3 aromatic rings. The number of sulfonamides is 1. The Morgan fingerprint density at radius 1 is 0.952 bits per heavy atom. The van der Waals surface area contributed by atoms with Crippen molar-refractivity contribution in [2.45, 2.75) is 43.2 Å². The third kappa shape index (κ3) is 8.94. The molecule has 1 aliphatic rings. The van der Waals surface area contributed by atoms with Crippen molar-refractivity contribution in [2.75, 3.05) is 40.4 Å². The summed E-state index contributed by atoms with van der Waals surface area (Å²) in [4.78, 5) is 14.9. The second kappa shape index (κ2) is 15.4. The molecule has 0 saturated heterocycles. The number of hydrogen-bond acceptors (Lipinski definition) is 5. The summed E-state index contributed by atoms with van der Waals surface area (Å²) in [5, 5.41) is 2.99. The first-order valence-electron chi connectivity index (χ1n) is 14.6. The Kier molecular flexibility index (Phi) is 11.7. The van der Waals surface area contributed by atoms with Gasteiger partial charge in [0.1, 0.15) is 12.4 Å². The first-order valence-corrected chi connectivity index (χ1v) is 16.0. The van der Waals surface area contributed by atoms with Gasteiger partial charge in [0.15, 0.2) is 0 Å². The van der Waals surface area contributed by atoms with Crippen molar-refractivity contribution in [3.63, 3.8) is 0 Å². The Hall–Kier alpha value is -3.11. The second-order valence-electron chi connectivity index (χ2n) is 11.2. The lowest BCUT2D eigenvalue weighted by Crippen LogP contribution is -2.37. The lowest BCUT2D eigenvalue weighted by molar-refractivity contribution is -0.126. The molecule has 226 valence electrons. The van der Waals surface area contributed by atoms with Gasteiger partial charge in [0, 0.05) is 25.7 Å². The monoisotopic (exact) mass is 595 g/mol. The Morgan fingerprint density at radius 3 is 2.26 bits per heavy atom. The van der Waals surface area contributed by atoms with E-state index in [-0.39, 0.29) is 49.0 Å². The second-order valence-corrected chi connectivity index (χ2v) is 13.2. The number of nitrogens with zero attached hydrogens (tertiary/aromatic N) is 2. The van der Waals surface area contributed by atoms with Crippen LogP contribution < -0.4 is 5.32 Å². The zero-order chi connectivity index (χ0) is 30.0. The molecular weight excluding hydrogens is 553 g/mol. The molecule has 1 amide bonds. The largest absolute Gasteiger partial charge is 0.370 e. The van der Waals surface area contributed by atoms with E-state index in [1.807, 2.05) is 50.5 Å². The molecule has 9 heteroatoms. The quantitative estimate of drug-likeness (QED) is 0.257. The summed E-state index contributed by atoms with van der Waals surface area (Å²) >= 11 is 0. The molecule has 1 N–H and O–H groups in total. The van der Waals surface area contributed by atoms with E-state index in [4.69, 9.17) is 4.74 Å².